The largest absolute Gasteiger partial charge is 0.156 e. The van der Waals surface area contributed by atoms with Crippen molar-refractivity contribution in [3.63, 3.8) is 0 Å². The third-order valence-corrected chi connectivity index (χ3v) is 13.1. The van der Waals surface area contributed by atoms with Gasteiger partial charge in [-0.1, -0.05) is 159 Å². The van der Waals surface area contributed by atoms with Crippen molar-refractivity contribution in [1.82, 2.24) is 0 Å². The van der Waals surface area contributed by atoms with Crippen LogP contribution in [0.15, 0.2) is 0 Å². The Morgan fingerprint density at radius 2 is 0.500 bits per heavy atom. The average Bonchev–Trinajstić information content (AvgIpc) is 1.77. The summed E-state index contributed by atoms with van der Waals surface area (Å²) in [6.07, 6.45) is 0. The first-order chi connectivity index (χ1) is 5.75. The Balaban J connectivity index is 5.54. The molecule has 0 aliphatic rings. The van der Waals surface area contributed by atoms with Crippen LogP contribution < -0.4 is 0 Å². The van der Waals surface area contributed by atoms with Crippen molar-refractivity contribution in [3.8, 4) is 0 Å². The highest BCUT2D eigenvalue weighted by Gasteiger charge is 2.66. The Morgan fingerprint density at radius 3 is 0.500 bits per heavy atom. The van der Waals surface area contributed by atoms with Gasteiger partial charge in [0.25, 0.3) is 0 Å². The number of alkyl halides is 10. The van der Waals surface area contributed by atoms with Crippen LogP contribution in [0.4, 0.5) is 0 Å². The van der Waals surface area contributed by atoms with Gasteiger partial charge in [-0.3, -0.25) is 0 Å². The van der Waals surface area contributed by atoms with Crippen molar-refractivity contribution in [2.75, 3.05) is 0 Å². The summed E-state index contributed by atoms with van der Waals surface area (Å²) in [5, 5.41) is 0. The molecule has 0 aliphatic carbocycles. The van der Waals surface area contributed by atoms with Gasteiger partial charge < -0.3 is 0 Å². The molecule has 86 valence electrons. The summed E-state index contributed by atoms with van der Waals surface area (Å²) in [5.41, 5.74) is 0. The molecule has 0 atom stereocenters. The molecular weight excluding hydrogens is 847 g/mol. The Hall–Kier alpha value is 4.80. The molecule has 0 aromatic heterocycles. The molecule has 0 aromatic carbocycles. The van der Waals surface area contributed by atoms with E-state index in [1.54, 1.807) is 0 Å². The maximum atomic E-state index is 3.62. The highest BCUT2D eigenvalue weighted by molar-refractivity contribution is 9.43. The van der Waals surface area contributed by atoms with E-state index in [9.17, 15) is 0 Å². The minimum atomic E-state index is -0.625. The van der Waals surface area contributed by atoms with Crippen LogP contribution in [0.2, 0.25) is 0 Å². The summed E-state index contributed by atoms with van der Waals surface area (Å²) in [6, 6.07) is 0. The number of hydrogen-bond donors (Lipinski definition) is 0. The van der Waals surface area contributed by atoms with E-state index in [1.807, 2.05) is 0 Å². The number of halogens is 10. The summed E-state index contributed by atoms with van der Waals surface area (Å²) in [7, 11) is 0. The zero-order valence-electron chi connectivity index (χ0n) is 5.78. The molecule has 0 N–H and O–H groups in total. The van der Waals surface area contributed by atoms with Gasteiger partial charge in [0, 0.05) is 0 Å². The Bertz CT molecular complexity index is 166. The molecule has 0 spiro atoms. The molecule has 0 nitrogen and oxygen atoms in total. The van der Waals surface area contributed by atoms with Gasteiger partial charge in [-0.15, -0.1) is 0 Å². The lowest BCUT2D eigenvalue weighted by molar-refractivity contribution is 0.751. The van der Waals surface area contributed by atoms with Gasteiger partial charge in [-0.2, -0.15) is 0 Å². The second-order valence-corrected chi connectivity index (χ2v) is 23.6. The van der Waals surface area contributed by atoms with Gasteiger partial charge in [0.15, 0.2) is 6.43 Å². The summed E-state index contributed by atoms with van der Waals surface area (Å²) in [6.45, 7) is 0. The first-order valence-corrected chi connectivity index (χ1v) is 10.6. The summed E-state index contributed by atoms with van der Waals surface area (Å²) in [4.78, 5) is 0. The topological polar surface area (TPSA) is 0 Å². The molecule has 0 saturated heterocycles. The van der Waals surface area contributed by atoms with E-state index in [2.05, 4.69) is 159 Å². The van der Waals surface area contributed by atoms with Gasteiger partial charge in [0.1, 0.15) is 4.32 Å². The van der Waals surface area contributed by atoms with Crippen LogP contribution in [0.25, 0.3) is 0 Å². The van der Waals surface area contributed by atoms with Crippen LogP contribution >= 0.6 is 159 Å². The van der Waals surface area contributed by atoms with Crippen LogP contribution in [0.5, 0.6) is 0 Å². The predicted molar refractivity (Wildman–Crippen MR) is 100 cm³/mol. The fourth-order valence-electron chi connectivity index (χ4n) is 0.482. The van der Waals surface area contributed by atoms with Crippen LogP contribution in [-0.4, -0.2) is 10.8 Å². The Morgan fingerprint density at radius 1 is 0.357 bits per heavy atom. The molecule has 0 aliphatic heterocycles. The standard InChI is InChI=1S/C4Br10/c5-1(2(6,7)8,3(9,10)11)4(12,13)14. The number of rotatable bonds is 0. The van der Waals surface area contributed by atoms with E-state index in [4.69, 9.17) is 0 Å². The molecule has 0 bridgehead atoms. The molecule has 14 heavy (non-hydrogen) atoms. The maximum Gasteiger partial charge on any atom is 0.156 e. The second-order valence-electron chi connectivity index (χ2n) is 2.15. The summed E-state index contributed by atoms with van der Waals surface area (Å²) in [5.74, 6) is 0. The van der Waals surface area contributed by atoms with Crippen LogP contribution in [0.3, 0.4) is 0 Å². The SMILES string of the molecule is BrC(Br)(Br)C(Br)(C(Br)(Br)Br)C(Br)(Br)Br. The fourth-order valence-corrected chi connectivity index (χ4v) is 13.0. The number of hydrogen-bond acceptors (Lipinski definition) is 0. The zero-order chi connectivity index (χ0) is 12.0. The fraction of sp³-hybridized carbons (Fsp3) is 1.00. The van der Waals surface area contributed by atoms with Crippen molar-refractivity contribution in [2.45, 2.75) is 10.8 Å². The lowest BCUT2D eigenvalue weighted by Crippen LogP contribution is -2.55. The average molecular weight is 847 g/mol. The zero-order valence-corrected chi connectivity index (χ0v) is 21.6. The van der Waals surface area contributed by atoms with E-state index in [0.717, 1.165) is 0 Å². The van der Waals surface area contributed by atoms with E-state index >= 15 is 0 Å². The second kappa shape index (κ2) is 6.06. The van der Waals surface area contributed by atoms with Gasteiger partial charge in [-0.05, 0) is 0 Å². The molecule has 0 radical (unpaired) electrons. The smallest absolute Gasteiger partial charge is 0.0749 e. The van der Waals surface area contributed by atoms with Crippen LogP contribution in [0, 0.1) is 0 Å². The van der Waals surface area contributed by atoms with Crippen molar-refractivity contribution in [1.29, 1.82) is 0 Å². The van der Waals surface area contributed by atoms with E-state index in [1.165, 1.54) is 0 Å². The molecule has 0 amide bonds. The van der Waals surface area contributed by atoms with Crippen LogP contribution in [-0.2, 0) is 0 Å². The van der Waals surface area contributed by atoms with Gasteiger partial charge >= 0.3 is 0 Å². The Labute approximate surface area is 167 Å². The monoisotopic (exact) mass is 837 g/mol. The third kappa shape index (κ3) is 4.15. The van der Waals surface area contributed by atoms with Gasteiger partial charge in [0.05, 0.1) is 0 Å². The van der Waals surface area contributed by atoms with E-state index < -0.39 is 10.8 Å². The van der Waals surface area contributed by atoms with Crippen LogP contribution in [0.1, 0.15) is 0 Å². The van der Waals surface area contributed by atoms with Gasteiger partial charge in [-0.25, -0.2) is 0 Å². The summed E-state index contributed by atoms with van der Waals surface area (Å²) < 4.78 is -2.44. The molecule has 0 rings (SSSR count). The maximum absolute atomic E-state index is 3.62. The lowest BCUT2D eigenvalue weighted by atomic mass is 10.3. The predicted octanol–water partition coefficient (Wildman–Crippen LogP) is 7.64. The molecule has 0 heterocycles. The van der Waals surface area contributed by atoms with E-state index in [-0.39, 0.29) is 0 Å². The van der Waals surface area contributed by atoms with E-state index in [0.29, 0.717) is 0 Å². The first-order valence-electron chi connectivity index (χ1n) is 2.64. The molecular formula is C4Br10. The highest BCUT2D eigenvalue weighted by Crippen LogP contribution is 2.70. The molecule has 10 heteroatoms. The van der Waals surface area contributed by atoms with Crippen molar-refractivity contribution < 1.29 is 0 Å². The highest BCUT2D eigenvalue weighted by atomic mass is 80.0. The molecule has 0 fully saturated rings. The van der Waals surface area contributed by atoms with Crippen molar-refractivity contribution in [2.24, 2.45) is 0 Å². The van der Waals surface area contributed by atoms with Gasteiger partial charge in [0.2, 0.25) is 0 Å². The molecule has 0 saturated carbocycles. The Kier molecular flexibility index (Phi) is 8.13. The minimum absolute atomic E-state index is 0.604. The van der Waals surface area contributed by atoms with Crippen molar-refractivity contribution >= 4 is 159 Å². The molecule has 0 aromatic rings. The summed E-state index contributed by atoms with van der Waals surface area (Å²) >= 11 is 34.9. The quantitative estimate of drug-likeness (QED) is 0.220. The lowest BCUT2D eigenvalue weighted by Gasteiger charge is -2.46. The third-order valence-electron chi connectivity index (χ3n) is 1.17. The first kappa shape index (κ1) is 18.8. The molecule has 0 unspecified atom stereocenters. The minimum Gasteiger partial charge on any atom is -0.0749 e. The van der Waals surface area contributed by atoms with Crippen molar-refractivity contribution in [3.05, 3.63) is 0 Å². The normalized spacial score (nSPS) is 15.9.